The zero-order valence-corrected chi connectivity index (χ0v) is 15.8. The van der Waals surface area contributed by atoms with Crippen LogP contribution in [-0.2, 0) is 5.54 Å². The third-order valence-corrected chi connectivity index (χ3v) is 4.80. The molecule has 0 bridgehead atoms. The van der Waals surface area contributed by atoms with Crippen LogP contribution in [0.1, 0.15) is 51.4 Å². The van der Waals surface area contributed by atoms with Crippen LogP contribution in [0.25, 0.3) is 0 Å². The lowest BCUT2D eigenvalue weighted by molar-refractivity contribution is 0.353. The third-order valence-electron chi connectivity index (χ3n) is 4.80. The molecule has 0 spiro atoms. The van der Waals surface area contributed by atoms with Gasteiger partial charge in [0.15, 0.2) is 11.6 Å². The van der Waals surface area contributed by atoms with Gasteiger partial charge in [-0.15, -0.1) is 0 Å². The number of nitrogens with zero attached hydrogens (tertiary/aromatic N) is 4. The highest BCUT2D eigenvalue weighted by atomic mass is 19.1. The Labute approximate surface area is 149 Å². The summed E-state index contributed by atoms with van der Waals surface area (Å²) in [5.41, 5.74) is 2.25. The summed E-state index contributed by atoms with van der Waals surface area (Å²) in [5, 5.41) is 8.33. The standard InChI is InChI=1S/C19H28FN5/c1-13(16-12-25(19(3,4)5)23-14(16)2)22-15-8-10-24(11-15)18-17(20)7-6-9-21-18/h6-7,9,12-13,15,22H,8,10-11H2,1-5H3/t13-,15+/m0/s1. The first kappa shape index (κ1) is 17.9. The average molecular weight is 345 g/mol. The van der Waals surface area contributed by atoms with Crippen molar-refractivity contribution in [1.29, 1.82) is 0 Å². The molecule has 2 atom stereocenters. The Balaban J connectivity index is 1.66. The molecule has 1 N–H and O–H groups in total. The maximum absolute atomic E-state index is 13.9. The van der Waals surface area contributed by atoms with Crippen LogP contribution in [0.5, 0.6) is 0 Å². The second kappa shape index (κ2) is 6.75. The van der Waals surface area contributed by atoms with Crippen LogP contribution in [0, 0.1) is 12.7 Å². The average Bonchev–Trinajstić information content (AvgIpc) is 3.14. The molecule has 0 saturated carbocycles. The van der Waals surface area contributed by atoms with Gasteiger partial charge in [0.1, 0.15) is 0 Å². The first-order valence-corrected chi connectivity index (χ1v) is 8.94. The van der Waals surface area contributed by atoms with Crippen LogP contribution in [0.15, 0.2) is 24.5 Å². The summed E-state index contributed by atoms with van der Waals surface area (Å²) in [7, 11) is 0. The monoisotopic (exact) mass is 345 g/mol. The lowest BCUT2D eigenvalue weighted by Gasteiger charge is -2.21. The molecule has 3 rings (SSSR count). The largest absolute Gasteiger partial charge is 0.353 e. The van der Waals surface area contributed by atoms with Crippen LogP contribution >= 0.6 is 0 Å². The first-order valence-electron chi connectivity index (χ1n) is 8.94. The Kier molecular flexibility index (Phi) is 4.82. The summed E-state index contributed by atoms with van der Waals surface area (Å²) in [6.45, 7) is 12.3. The molecule has 25 heavy (non-hydrogen) atoms. The molecular weight excluding hydrogens is 317 g/mol. The highest BCUT2D eigenvalue weighted by molar-refractivity contribution is 5.41. The molecule has 1 aliphatic rings. The van der Waals surface area contributed by atoms with Crippen molar-refractivity contribution in [2.75, 3.05) is 18.0 Å². The maximum Gasteiger partial charge on any atom is 0.165 e. The van der Waals surface area contributed by atoms with Gasteiger partial charge in [0.2, 0.25) is 0 Å². The van der Waals surface area contributed by atoms with Crippen molar-refractivity contribution in [3.63, 3.8) is 0 Å². The van der Waals surface area contributed by atoms with Gasteiger partial charge >= 0.3 is 0 Å². The molecule has 3 heterocycles. The Bertz CT molecular complexity index is 734. The SMILES string of the molecule is Cc1nn(C(C)(C)C)cc1[C@H](C)N[C@@H]1CCN(c2ncccc2F)C1. The summed E-state index contributed by atoms with van der Waals surface area (Å²) < 4.78 is 16.0. The molecule has 1 aliphatic heterocycles. The second-order valence-electron chi connectivity index (χ2n) is 7.91. The molecule has 5 nitrogen and oxygen atoms in total. The number of aryl methyl sites for hydroxylation is 1. The molecule has 0 amide bonds. The number of hydrogen-bond donors (Lipinski definition) is 1. The highest BCUT2D eigenvalue weighted by Crippen LogP contribution is 2.25. The minimum atomic E-state index is -0.251. The van der Waals surface area contributed by atoms with E-state index in [9.17, 15) is 4.39 Å². The predicted octanol–water partition coefficient (Wildman–Crippen LogP) is 3.41. The molecule has 6 heteroatoms. The molecular formula is C19H28FN5. The quantitative estimate of drug-likeness (QED) is 0.922. The van der Waals surface area contributed by atoms with Crippen LogP contribution in [0.2, 0.25) is 0 Å². The van der Waals surface area contributed by atoms with Crippen LogP contribution < -0.4 is 10.2 Å². The third kappa shape index (κ3) is 3.84. The number of aromatic nitrogens is 3. The van der Waals surface area contributed by atoms with Crippen molar-refractivity contribution < 1.29 is 4.39 Å². The Morgan fingerprint density at radius 1 is 1.36 bits per heavy atom. The highest BCUT2D eigenvalue weighted by Gasteiger charge is 2.27. The molecule has 1 saturated heterocycles. The number of hydrogen-bond acceptors (Lipinski definition) is 4. The smallest absolute Gasteiger partial charge is 0.165 e. The van der Waals surface area contributed by atoms with Crippen molar-refractivity contribution in [1.82, 2.24) is 20.1 Å². The molecule has 136 valence electrons. The van der Waals surface area contributed by atoms with Crippen LogP contribution in [0.4, 0.5) is 10.2 Å². The number of pyridine rings is 1. The molecule has 0 aromatic carbocycles. The van der Waals surface area contributed by atoms with E-state index >= 15 is 0 Å². The second-order valence-corrected chi connectivity index (χ2v) is 7.91. The van der Waals surface area contributed by atoms with E-state index in [-0.39, 0.29) is 17.4 Å². The van der Waals surface area contributed by atoms with Crippen LogP contribution in [0.3, 0.4) is 0 Å². The van der Waals surface area contributed by atoms with E-state index in [1.807, 2.05) is 9.58 Å². The zero-order chi connectivity index (χ0) is 18.2. The van der Waals surface area contributed by atoms with Crippen molar-refractivity contribution >= 4 is 5.82 Å². The Hall–Kier alpha value is -1.95. The molecule has 2 aromatic rings. The first-order chi connectivity index (χ1) is 11.8. The van der Waals surface area contributed by atoms with Gasteiger partial charge in [-0.3, -0.25) is 4.68 Å². The molecule has 0 unspecified atom stereocenters. The van der Waals surface area contributed by atoms with Crippen LogP contribution in [-0.4, -0.2) is 33.9 Å². The molecule has 0 aliphatic carbocycles. The number of nitrogens with one attached hydrogen (secondary N) is 1. The maximum atomic E-state index is 13.9. The van der Waals surface area contributed by atoms with E-state index in [2.05, 4.69) is 56.2 Å². The van der Waals surface area contributed by atoms with Crippen molar-refractivity contribution in [3.8, 4) is 0 Å². The van der Waals surface area contributed by atoms with E-state index in [1.54, 1.807) is 12.3 Å². The Morgan fingerprint density at radius 2 is 2.12 bits per heavy atom. The summed E-state index contributed by atoms with van der Waals surface area (Å²) in [4.78, 5) is 6.21. The van der Waals surface area contributed by atoms with Gasteiger partial charge < -0.3 is 10.2 Å². The fourth-order valence-corrected chi connectivity index (χ4v) is 3.38. The number of anilines is 1. The fourth-order valence-electron chi connectivity index (χ4n) is 3.38. The molecule has 1 fully saturated rings. The van der Waals surface area contributed by atoms with E-state index in [1.165, 1.54) is 11.6 Å². The van der Waals surface area contributed by atoms with Gasteiger partial charge in [-0.1, -0.05) is 0 Å². The number of rotatable bonds is 4. The minimum absolute atomic E-state index is 0.0244. The van der Waals surface area contributed by atoms with Crippen molar-refractivity contribution in [3.05, 3.63) is 41.6 Å². The van der Waals surface area contributed by atoms with Gasteiger partial charge in [0, 0.05) is 43.1 Å². The van der Waals surface area contributed by atoms with Gasteiger partial charge in [0.05, 0.1) is 11.2 Å². The van der Waals surface area contributed by atoms with E-state index < -0.39 is 0 Å². The molecule has 2 aromatic heterocycles. The van der Waals surface area contributed by atoms with Crippen molar-refractivity contribution in [2.24, 2.45) is 0 Å². The predicted molar refractivity (Wildman–Crippen MR) is 98.3 cm³/mol. The topological polar surface area (TPSA) is 46.0 Å². The summed E-state index contributed by atoms with van der Waals surface area (Å²) >= 11 is 0. The van der Waals surface area contributed by atoms with E-state index in [0.29, 0.717) is 11.9 Å². The van der Waals surface area contributed by atoms with Gasteiger partial charge in [-0.25, -0.2) is 9.37 Å². The van der Waals surface area contributed by atoms with E-state index in [0.717, 1.165) is 25.2 Å². The normalized spacial score (nSPS) is 19.4. The van der Waals surface area contributed by atoms with Gasteiger partial charge in [-0.2, -0.15) is 5.10 Å². The fraction of sp³-hybridized carbons (Fsp3) is 0.579. The lowest BCUT2D eigenvalue weighted by atomic mass is 10.1. The van der Waals surface area contributed by atoms with Gasteiger partial charge in [-0.05, 0) is 53.2 Å². The summed E-state index contributed by atoms with van der Waals surface area (Å²) in [6, 6.07) is 3.61. The summed E-state index contributed by atoms with van der Waals surface area (Å²) in [5.74, 6) is 0.203. The number of halogens is 1. The molecule has 0 radical (unpaired) electrons. The Morgan fingerprint density at radius 3 is 2.76 bits per heavy atom. The lowest BCUT2D eigenvalue weighted by Crippen LogP contribution is -2.35. The van der Waals surface area contributed by atoms with E-state index in [4.69, 9.17) is 0 Å². The van der Waals surface area contributed by atoms with Gasteiger partial charge in [0.25, 0.3) is 0 Å². The summed E-state index contributed by atoms with van der Waals surface area (Å²) in [6.07, 6.45) is 4.76. The minimum Gasteiger partial charge on any atom is -0.353 e. The van der Waals surface area contributed by atoms with Crippen molar-refractivity contribution in [2.45, 2.75) is 58.7 Å². The zero-order valence-electron chi connectivity index (χ0n) is 15.8.